The number of rotatable bonds is 3. The number of carboxylic acids is 1. The summed E-state index contributed by atoms with van der Waals surface area (Å²) >= 11 is 0. The maximum absolute atomic E-state index is 12.1. The van der Waals surface area contributed by atoms with Crippen LogP contribution >= 0.6 is 0 Å². The van der Waals surface area contributed by atoms with Crippen molar-refractivity contribution in [3.8, 4) is 5.75 Å². The molecule has 2 rings (SSSR count). The van der Waals surface area contributed by atoms with Crippen LogP contribution in [0.5, 0.6) is 5.75 Å². The zero-order valence-electron chi connectivity index (χ0n) is 10.3. The Morgan fingerprint density at radius 3 is 2.83 bits per heavy atom. The molecule has 0 spiro atoms. The highest BCUT2D eigenvalue weighted by Crippen LogP contribution is 2.26. The second kappa shape index (κ2) is 4.68. The molecule has 1 aromatic carbocycles. The monoisotopic (exact) mass is 249 g/mol. The van der Waals surface area contributed by atoms with Crippen molar-refractivity contribution in [2.24, 2.45) is 0 Å². The smallest absolute Gasteiger partial charge is 0.326 e. The molecule has 1 aliphatic heterocycles. The molecule has 1 N–H and O–H groups in total. The molecule has 0 aliphatic carbocycles. The van der Waals surface area contributed by atoms with Crippen LogP contribution in [0.25, 0.3) is 0 Å². The second-order valence-corrected chi connectivity index (χ2v) is 4.35. The van der Waals surface area contributed by atoms with E-state index in [1.807, 2.05) is 0 Å². The van der Waals surface area contributed by atoms with Gasteiger partial charge in [-0.3, -0.25) is 4.79 Å². The lowest BCUT2D eigenvalue weighted by molar-refractivity contribution is -0.141. The molecule has 1 amide bonds. The summed E-state index contributed by atoms with van der Waals surface area (Å²) in [5, 5.41) is 8.89. The van der Waals surface area contributed by atoms with Crippen molar-refractivity contribution in [3.63, 3.8) is 0 Å². The standard InChI is InChI=1S/C13H15NO4/c1-8(13(16)17)14(2)12(15)10-3-4-11-9(7-10)5-6-18-11/h3-4,7-8H,5-6H2,1-2H3,(H,16,17). The fraction of sp³-hybridized carbons (Fsp3) is 0.385. The normalized spacial score (nSPS) is 14.6. The zero-order chi connectivity index (χ0) is 13.3. The van der Waals surface area contributed by atoms with Crippen LogP contribution < -0.4 is 4.74 Å². The van der Waals surface area contributed by atoms with Gasteiger partial charge >= 0.3 is 5.97 Å². The molecule has 1 heterocycles. The Labute approximate surface area is 105 Å². The minimum absolute atomic E-state index is 0.292. The van der Waals surface area contributed by atoms with Gasteiger partial charge in [-0.25, -0.2) is 4.79 Å². The second-order valence-electron chi connectivity index (χ2n) is 4.35. The van der Waals surface area contributed by atoms with Gasteiger partial charge in [-0.15, -0.1) is 0 Å². The van der Waals surface area contributed by atoms with Crippen molar-refractivity contribution in [1.82, 2.24) is 4.90 Å². The van der Waals surface area contributed by atoms with Gasteiger partial charge < -0.3 is 14.7 Å². The van der Waals surface area contributed by atoms with Gasteiger partial charge in [0.05, 0.1) is 6.61 Å². The number of hydrogen-bond acceptors (Lipinski definition) is 3. The van der Waals surface area contributed by atoms with E-state index < -0.39 is 12.0 Å². The van der Waals surface area contributed by atoms with Crippen LogP contribution in [0.4, 0.5) is 0 Å². The van der Waals surface area contributed by atoms with E-state index in [0.29, 0.717) is 12.2 Å². The van der Waals surface area contributed by atoms with Gasteiger partial charge in [0.15, 0.2) is 0 Å². The first kappa shape index (κ1) is 12.4. The summed E-state index contributed by atoms with van der Waals surface area (Å²) in [6.07, 6.45) is 0.786. The highest BCUT2D eigenvalue weighted by atomic mass is 16.5. The molecule has 0 radical (unpaired) electrons. The molecule has 1 atom stereocenters. The number of carboxylic acid groups (broad SMARTS) is 1. The minimum Gasteiger partial charge on any atom is -0.493 e. The molecule has 0 fully saturated rings. The van der Waals surface area contributed by atoms with E-state index in [-0.39, 0.29) is 5.91 Å². The largest absolute Gasteiger partial charge is 0.493 e. The Hall–Kier alpha value is -2.04. The molecule has 1 aliphatic rings. The van der Waals surface area contributed by atoms with Crippen molar-refractivity contribution in [2.75, 3.05) is 13.7 Å². The Bertz CT molecular complexity index is 498. The van der Waals surface area contributed by atoms with Crippen LogP contribution in [0.3, 0.4) is 0 Å². The Morgan fingerprint density at radius 2 is 2.17 bits per heavy atom. The third-order valence-corrected chi connectivity index (χ3v) is 3.20. The number of ether oxygens (including phenoxy) is 1. The van der Waals surface area contributed by atoms with Crippen LogP contribution in [-0.2, 0) is 11.2 Å². The zero-order valence-corrected chi connectivity index (χ0v) is 10.3. The van der Waals surface area contributed by atoms with Gasteiger partial charge in [0.2, 0.25) is 0 Å². The van der Waals surface area contributed by atoms with Gasteiger partial charge in [-0.2, -0.15) is 0 Å². The van der Waals surface area contributed by atoms with Gasteiger partial charge in [-0.1, -0.05) is 0 Å². The number of nitrogens with zero attached hydrogens (tertiary/aromatic N) is 1. The highest BCUT2D eigenvalue weighted by Gasteiger charge is 2.24. The summed E-state index contributed by atoms with van der Waals surface area (Å²) in [5.74, 6) is -0.504. The number of fused-ring (bicyclic) bond motifs is 1. The maximum atomic E-state index is 12.1. The predicted molar refractivity (Wildman–Crippen MR) is 64.8 cm³/mol. The average molecular weight is 249 g/mol. The molecule has 96 valence electrons. The number of benzene rings is 1. The van der Waals surface area contributed by atoms with Crippen molar-refractivity contribution < 1.29 is 19.4 Å². The summed E-state index contributed by atoms with van der Waals surface area (Å²) in [4.78, 5) is 24.2. The van der Waals surface area contributed by atoms with Crippen LogP contribution in [0.2, 0.25) is 0 Å². The number of carbonyl (C=O) groups is 2. The van der Waals surface area contributed by atoms with E-state index >= 15 is 0 Å². The van der Waals surface area contributed by atoms with E-state index in [1.165, 1.54) is 18.9 Å². The minimum atomic E-state index is -1.02. The molecule has 0 saturated heterocycles. The number of hydrogen-bond donors (Lipinski definition) is 1. The van der Waals surface area contributed by atoms with Crippen LogP contribution in [0.1, 0.15) is 22.8 Å². The topological polar surface area (TPSA) is 66.8 Å². The first-order valence-electron chi connectivity index (χ1n) is 5.76. The summed E-state index contributed by atoms with van der Waals surface area (Å²) in [6, 6.07) is 4.35. The van der Waals surface area contributed by atoms with Crippen LogP contribution in [0.15, 0.2) is 18.2 Å². The van der Waals surface area contributed by atoms with Crippen LogP contribution in [0, 0.1) is 0 Å². The number of likely N-dealkylation sites (N-methyl/N-ethyl adjacent to an activating group) is 1. The first-order chi connectivity index (χ1) is 8.50. The van der Waals surface area contributed by atoms with Crippen molar-refractivity contribution in [2.45, 2.75) is 19.4 Å². The van der Waals surface area contributed by atoms with Gasteiger partial charge in [0, 0.05) is 19.0 Å². The van der Waals surface area contributed by atoms with Crippen molar-refractivity contribution in [1.29, 1.82) is 0 Å². The lowest BCUT2D eigenvalue weighted by Gasteiger charge is -2.21. The van der Waals surface area contributed by atoms with E-state index in [1.54, 1.807) is 18.2 Å². The lowest BCUT2D eigenvalue weighted by Crippen LogP contribution is -2.40. The fourth-order valence-corrected chi connectivity index (χ4v) is 1.86. The third-order valence-electron chi connectivity index (χ3n) is 3.20. The molecule has 1 unspecified atom stereocenters. The van der Waals surface area contributed by atoms with Crippen molar-refractivity contribution in [3.05, 3.63) is 29.3 Å². The van der Waals surface area contributed by atoms with Gasteiger partial charge in [0.25, 0.3) is 5.91 Å². The molecule has 0 bridgehead atoms. The van der Waals surface area contributed by atoms with Gasteiger partial charge in [-0.05, 0) is 30.7 Å². The summed E-state index contributed by atoms with van der Waals surface area (Å²) in [7, 11) is 1.49. The first-order valence-corrected chi connectivity index (χ1v) is 5.76. The molecular weight excluding hydrogens is 234 g/mol. The van der Waals surface area contributed by atoms with Gasteiger partial charge in [0.1, 0.15) is 11.8 Å². The quantitative estimate of drug-likeness (QED) is 0.873. The van der Waals surface area contributed by atoms with E-state index in [0.717, 1.165) is 17.7 Å². The third kappa shape index (κ3) is 2.16. The van der Waals surface area contributed by atoms with E-state index in [9.17, 15) is 9.59 Å². The fourth-order valence-electron chi connectivity index (χ4n) is 1.86. The summed E-state index contributed by atoms with van der Waals surface area (Å²) in [5.41, 5.74) is 1.49. The average Bonchev–Trinajstić information content (AvgIpc) is 2.82. The Kier molecular flexibility index (Phi) is 3.23. The molecule has 1 aromatic rings. The summed E-state index contributed by atoms with van der Waals surface area (Å²) < 4.78 is 5.36. The molecule has 5 heteroatoms. The SMILES string of the molecule is CC(C(=O)O)N(C)C(=O)c1ccc2c(c1)CCO2. The molecule has 0 aromatic heterocycles. The van der Waals surface area contributed by atoms with E-state index in [2.05, 4.69) is 0 Å². The number of carbonyl (C=O) groups excluding carboxylic acids is 1. The summed E-state index contributed by atoms with van der Waals surface area (Å²) in [6.45, 7) is 2.12. The Balaban J connectivity index is 2.21. The highest BCUT2D eigenvalue weighted by molar-refractivity contribution is 5.96. The maximum Gasteiger partial charge on any atom is 0.326 e. The lowest BCUT2D eigenvalue weighted by atomic mass is 10.1. The Morgan fingerprint density at radius 1 is 1.44 bits per heavy atom. The molecule has 5 nitrogen and oxygen atoms in total. The number of amides is 1. The predicted octanol–water partition coefficient (Wildman–Crippen LogP) is 1.17. The molecule has 0 saturated carbocycles. The molecule has 18 heavy (non-hydrogen) atoms. The van der Waals surface area contributed by atoms with Crippen molar-refractivity contribution >= 4 is 11.9 Å². The van der Waals surface area contributed by atoms with E-state index in [4.69, 9.17) is 9.84 Å². The van der Waals surface area contributed by atoms with Crippen LogP contribution in [-0.4, -0.2) is 41.6 Å². The number of aliphatic carboxylic acids is 1. The molecular formula is C13H15NO4.